The molecule has 2 rings (SSSR count). The third-order valence-electron chi connectivity index (χ3n) is 3.47. The lowest BCUT2D eigenvalue weighted by atomic mass is 9.93. The molecule has 1 fully saturated rings. The summed E-state index contributed by atoms with van der Waals surface area (Å²) in [6.07, 6.45) is 8.92. The van der Waals surface area contributed by atoms with Crippen molar-refractivity contribution >= 4 is 0 Å². The van der Waals surface area contributed by atoms with Crippen molar-refractivity contribution in [1.29, 1.82) is 0 Å². The van der Waals surface area contributed by atoms with E-state index in [1.807, 2.05) is 31.2 Å². The number of nitrogens with one attached hydrogen (secondary N) is 1. The molecule has 0 unspecified atom stereocenters. The maximum atomic E-state index is 5.91. The Labute approximate surface area is 97.0 Å². The highest BCUT2D eigenvalue weighted by atomic mass is 16.5. The Bertz CT molecular complexity index is 316. The zero-order valence-electron chi connectivity index (χ0n) is 10.1. The van der Waals surface area contributed by atoms with Crippen molar-refractivity contribution in [1.82, 2.24) is 14.9 Å². The van der Waals surface area contributed by atoms with Crippen molar-refractivity contribution in [2.45, 2.75) is 44.4 Å². The highest BCUT2D eigenvalue weighted by Gasteiger charge is 2.20. The second-order valence-corrected chi connectivity index (χ2v) is 4.57. The minimum Gasteiger partial charge on any atom is -0.372 e. The summed E-state index contributed by atoms with van der Waals surface area (Å²) in [6, 6.07) is 0.691. The fourth-order valence-corrected chi connectivity index (χ4v) is 2.25. The molecule has 0 aliphatic heterocycles. The molecule has 1 aliphatic carbocycles. The van der Waals surface area contributed by atoms with Gasteiger partial charge in [-0.1, -0.05) is 0 Å². The van der Waals surface area contributed by atoms with Gasteiger partial charge in [-0.15, -0.1) is 0 Å². The fraction of sp³-hybridized carbons (Fsp3) is 0.750. The minimum atomic E-state index is 0.430. The van der Waals surface area contributed by atoms with Crippen molar-refractivity contribution < 1.29 is 4.74 Å². The number of imidazole rings is 1. The number of aromatic nitrogens is 2. The van der Waals surface area contributed by atoms with Gasteiger partial charge in [0, 0.05) is 13.1 Å². The molecule has 1 aliphatic rings. The quantitative estimate of drug-likeness (QED) is 0.840. The molecule has 0 atom stereocenters. The average Bonchev–Trinajstić information content (AvgIpc) is 2.73. The zero-order chi connectivity index (χ0) is 11.4. The van der Waals surface area contributed by atoms with Crippen LogP contribution in [-0.4, -0.2) is 28.7 Å². The highest BCUT2D eigenvalue weighted by molar-refractivity contribution is 4.95. The van der Waals surface area contributed by atoms with E-state index in [0.717, 1.165) is 5.69 Å². The van der Waals surface area contributed by atoms with Crippen LogP contribution in [0.1, 0.15) is 31.4 Å². The number of hydrogen-bond donors (Lipinski definition) is 1. The monoisotopic (exact) mass is 223 g/mol. The molecule has 0 bridgehead atoms. The molecule has 1 heterocycles. The first-order valence-electron chi connectivity index (χ1n) is 6.03. The van der Waals surface area contributed by atoms with Crippen LogP contribution in [-0.2, 0) is 18.4 Å². The fourth-order valence-electron chi connectivity index (χ4n) is 2.25. The molecule has 0 saturated heterocycles. The van der Waals surface area contributed by atoms with Gasteiger partial charge in [-0.05, 0) is 32.7 Å². The maximum absolute atomic E-state index is 5.91. The summed E-state index contributed by atoms with van der Waals surface area (Å²) >= 11 is 0. The van der Waals surface area contributed by atoms with Crippen LogP contribution in [0.15, 0.2) is 12.5 Å². The topological polar surface area (TPSA) is 39.1 Å². The molecule has 16 heavy (non-hydrogen) atoms. The van der Waals surface area contributed by atoms with Crippen molar-refractivity contribution in [3.63, 3.8) is 0 Å². The lowest BCUT2D eigenvalue weighted by Crippen LogP contribution is -2.32. The lowest BCUT2D eigenvalue weighted by molar-refractivity contribution is 0.00935. The molecule has 4 nitrogen and oxygen atoms in total. The van der Waals surface area contributed by atoms with Crippen LogP contribution < -0.4 is 5.32 Å². The summed E-state index contributed by atoms with van der Waals surface area (Å²) in [7, 11) is 4.05. The van der Waals surface area contributed by atoms with Gasteiger partial charge in [0.15, 0.2) is 0 Å². The smallest absolute Gasteiger partial charge is 0.0946 e. The summed E-state index contributed by atoms with van der Waals surface area (Å²) in [5.74, 6) is 0. The summed E-state index contributed by atoms with van der Waals surface area (Å²) in [6.45, 7) is 0.686. The Kier molecular flexibility index (Phi) is 3.96. The number of aryl methyl sites for hydroxylation is 1. The van der Waals surface area contributed by atoms with Crippen LogP contribution in [0.4, 0.5) is 0 Å². The molecule has 1 saturated carbocycles. The summed E-state index contributed by atoms with van der Waals surface area (Å²) in [4.78, 5) is 4.08. The molecule has 4 heteroatoms. The maximum Gasteiger partial charge on any atom is 0.0946 e. The molecular formula is C12H21N3O. The van der Waals surface area contributed by atoms with E-state index in [0.29, 0.717) is 18.8 Å². The first-order valence-corrected chi connectivity index (χ1v) is 6.03. The van der Waals surface area contributed by atoms with Crippen LogP contribution in [0.2, 0.25) is 0 Å². The highest BCUT2D eigenvalue weighted by Crippen LogP contribution is 2.21. The lowest BCUT2D eigenvalue weighted by Gasteiger charge is -2.28. The molecular weight excluding hydrogens is 202 g/mol. The molecule has 0 radical (unpaired) electrons. The number of hydrogen-bond acceptors (Lipinski definition) is 3. The largest absolute Gasteiger partial charge is 0.372 e. The average molecular weight is 223 g/mol. The van der Waals surface area contributed by atoms with Crippen molar-refractivity contribution in [2.75, 3.05) is 7.05 Å². The predicted molar refractivity (Wildman–Crippen MR) is 63.1 cm³/mol. The number of ether oxygens (including phenoxy) is 1. The Balaban J connectivity index is 1.73. The second-order valence-electron chi connectivity index (χ2n) is 4.57. The molecule has 0 spiro atoms. The van der Waals surface area contributed by atoms with E-state index < -0.39 is 0 Å². The van der Waals surface area contributed by atoms with E-state index in [-0.39, 0.29) is 0 Å². The van der Waals surface area contributed by atoms with Crippen molar-refractivity contribution in [3.05, 3.63) is 18.2 Å². The first-order chi connectivity index (χ1) is 7.79. The van der Waals surface area contributed by atoms with E-state index in [9.17, 15) is 0 Å². The van der Waals surface area contributed by atoms with Crippen LogP contribution in [0.25, 0.3) is 0 Å². The second kappa shape index (κ2) is 5.46. The first kappa shape index (κ1) is 11.6. The van der Waals surface area contributed by atoms with Gasteiger partial charge < -0.3 is 14.6 Å². The SMILES string of the molecule is CNC1CCC(OCc2cncn2C)CC1. The van der Waals surface area contributed by atoms with Crippen LogP contribution in [0, 0.1) is 0 Å². The molecule has 0 aromatic carbocycles. The van der Waals surface area contributed by atoms with Crippen LogP contribution in [0.3, 0.4) is 0 Å². The number of nitrogens with zero attached hydrogens (tertiary/aromatic N) is 2. The van der Waals surface area contributed by atoms with E-state index in [1.54, 1.807) is 0 Å². The molecule has 0 amide bonds. The van der Waals surface area contributed by atoms with Crippen LogP contribution in [0.5, 0.6) is 0 Å². The Morgan fingerprint density at radius 3 is 2.75 bits per heavy atom. The van der Waals surface area contributed by atoms with Gasteiger partial charge in [-0.3, -0.25) is 0 Å². The molecule has 1 aromatic heterocycles. The standard InChI is InChI=1S/C12H21N3O/c1-13-10-3-5-12(6-4-10)16-8-11-7-14-9-15(11)2/h7,9-10,12-13H,3-6,8H2,1-2H3. The third kappa shape index (κ3) is 2.83. The van der Waals surface area contributed by atoms with Gasteiger partial charge in [0.2, 0.25) is 0 Å². The van der Waals surface area contributed by atoms with Crippen LogP contribution >= 0.6 is 0 Å². The van der Waals surface area contributed by atoms with Gasteiger partial charge >= 0.3 is 0 Å². The van der Waals surface area contributed by atoms with Crippen molar-refractivity contribution in [2.24, 2.45) is 7.05 Å². The summed E-state index contributed by atoms with van der Waals surface area (Å²) in [5.41, 5.74) is 1.15. The molecule has 1 aromatic rings. The molecule has 1 N–H and O–H groups in total. The Morgan fingerprint density at radius 2 is 2.19 bits per heavy atom. The van der Waals surface area contributed by atoms with Gasteiger partial charge in [0.1, 0.15) is 0 Å². The van der Waals surface area contributed by atoms with Gasteiger partial charge in [0.05, 0.1) is 30.9 Å². The number of rotatable bonds is 4. The Morgan fingerprint density at radius 1 is 1.44 bits per heavy atom. The van der Waals surface area contributed by atoms with Crippen molar-refractivity contribution in [3.8, 4) is 0 Å². The van der Waals surface area contributed by atoms with Gasteiger partial charge in [-0.25, -0.2) is 4.98 Å². The van der Waals surface area contributed by atoms with E-state index in [4.69, 9.17) is 4.74 Å². The Hall–Kier alpha value is -0.870. The van der Waals surface area contributed by atoms with E-state index in [2.05, 4.69) is 10.3 Å². The summed E-state index contributed by atoms with van der Waals surface area (Å²) in [5, 5.41) is 3.33. The normalized spacial score (nSPS) is 25.9. The minimum absolute atomic E-state index is 0.430. The third-order valence-corrected chi connectivity index (χ3v) is 3.47. The summed E-state index contributed by atoms with van der Waals surface area (Å²) < 4.78 is 7.93. The van der Waals surface area contributed by atoms with Gasteiger partial charge in [0.25, 0.3) is 0 Å². The van der Waals surface area contributed by atoms with E-state index in [1.165, 1.54) is 25.7 Å². The van der Waals surface area contributed by atoms with Gasteiger partial charge in [-0.2, -0.15) is 0 Å². The van der Waals surface area contributed by atoms with E-state index >= 15 is 0 Å². The predicted octanol–water partition coefficient (Wildman–Crippen LogP) is 1.47. The molecule has 90 valence electrons. The zero-order valence-corrected chi connectivity index (χ0v) is 10.1.